The number of Topliss-reactive ketones (excluding diaryl/α,β-unsaturated/α-hetero) is 1. The van der Waals surface area contributed by atoms with Crippen LogP contribution in [0.5, 0.6) is 5.75 Å². The molecule has 0 fully saturated rings. The second kappa shape index (κ2) is 9.36. The molecule has 0 saturated carbocycles. The molecule has 0 heterocycles. The van der Waals surface area contributed by atoms with Gasteiger partial charge in [0.25, 0.3) is 0 Å². The van der Waals surface area contributed by atoms with Gasteiger partial charge in [-0.15, -0.1) is 0 Å². The maximum absolute atomic E-state index is 12.1. The number of hydrogen-bond acceptors (Lipinski definition) is 6. The largest absolute Gasteiger partial charge is 0.495 e. The van der Waals surface area contributed by atoms with Crippen molar-refractivity contribution in [2.75, 3.05) is 19.0 Å². The fourth-order valence-corrected chi connectivity index (χ4v) is 2.36. The van der Waals surface area contributed by atoms with Crippen molar-refractivity contribution < 1.29 is 23.9 Å². The van der Waals surface area contributed by atoms with Crippen molar-refractivity contribution >= 4 is 34.9 Å². The number of carbonyl (C=O) groups excluding carboxylic acids is 3. The van der Waals surface area contributed by atoms with Crippen LogP contribution in [0.2, 0.25) is 5.02 Å². The molecule has 2 rings (SSSR count). The summed E-state index contributed by atoms with van der Waals surface area (Å²) in [5.41, 5.74) is 0.953. The molecule has 8 heteroatoms. The summed E-state index contributed by atoms with van der Waals surface area (Å²) in [7, 11) is 1.46. The first kappa shape index (κ1) is 19.9. The highest BCUT2D eigenvalue weighted by Gasteiger charge is 2.14. The van der Waals surface area contributed by atoms with Gasteiger partial charge in [0.05, 0.1) is 23.8 Å². The lowest BCUT2D eigenvalue weighted by molar-refractivity contribution is -0.115. The average molecular weight is 387 g/mol. The molecule has 0 bridgehead atoms. The van der Waals surface area contributed by atoms with Crippen LogP contribution in [0.4, 0.5) is 5.69 Å². The second-order valence-electron chi connectivity index (χ2n) is 5.31. The topological polar surface area (TPSA) is 105 Å². The molecule has 27 heavy (non-hydrogen) atoms. The molecular formula is C19H15ClN2O5. The van der Waals surface area contributed by atoms with Crippen molar-refractivity contribution in [3.8, 4) is 11.8 Å². The molecule has 1 amide bonds. The third kappa shape index (κ3) is 5.56. The number of rotatable bonds is 7. The van der Waals surface area contributed by atoms with Gasteiger partial charge in [-0.05, 0) is 42.5 Å². The Morgan fingerprint density at radius 3 is 2.37 bits per heavy atom. The summed E-state index contributed by atoms with van der Waals surface area (Å²) in [6, 6.07) is 12.1. The van der Waals surface area contributed by atoms with Gasteiger partial charge in [-0.3, -0.25) is 9.59 Å². The van der Waals surface area contributed by atoms with Crippen LogP contribution in [0.15, 0.2) is 42.5 Å². The lowest BCUT2D eigenvalue weighted by Crippen LogP contribution is -2.14. The van der Waals surface area contributed by atoms with E-state index in [2.05, 4.69) is 5.32 Å². The van der Waals surface area contributed by atoms with E-state index in [1.165, 1.54) is 43.5 Å². The van der Waals surface area contributed by atoms with Gasteiger partial charge in [0, 0.05) is 11.3 Å². The third-order valence-corrected chi connectivity index (χ3v) is 3.75. The molecule has 0 aromatic heterocycles. The van der Waals surface area contributed by atoms with Gasteiger partial charge < -0.3 is 14.8 Å². The molecule has 0 aliphatic carbocycles. The quantitative estimate of drug-likeness (QED) is 0.578. The number of ether oxygens (including phenoxy) is 2. The normalized spacial score (nSPS) is 9.81. The van der Waals surface area contributed by atoms with Crippen molar-refractivity contribution in [1.29, 1.82) is 5.26 Å². The van der Waals surface area contributed by atoms with E-state index in [1.54, 1.807) is 12.1 Å². The summed E-state index contributed by atoms with van der Waals surface area (Å²) >= 11 is 5.97. The first-order valence-electron chi connectivity index (χ1n) is 7.75. The highest BCUT2D eigenvalue weighted by molar-refractivity contribution is 6.32. The lowest BCUT2D eigenvalue weighted by atomic mass is 10.1. The summed E-state index contributed by atoms with van der Waals surface area (Å²) in [4.78, 5) is 35.5. The highest BCUT2D eigenvalue weighted by Crippen LogP contribution is 2.25. The van der Waals surface area contributed by atoms with E-state index in [0.29, 0.717) is 17.0 Å². The maximum Gasteiger partial charge on any atom is 0.338 e. The zero-order valence-electron chi connectivity index (χ0n) is 14.3. The number of anilines is 1. The summed E-state index contributed by atoms with van der Waals surface area (Å²) in [5.74, 6) is -1.10. The van der Waals surface area contributed by atoms with Crippen LogP contribution in [0.1, 0.15) is 27.1 Å². The molecule has 1 N–H and O–H groups in total. The first-order chi connectivity index (χ1) is 12.9. The standard InChI is InChI=1S/C19H15ClN2O5/c1-26-17-7-4-13(10-15(17)20)16(23)11-27-19(25)12-2-5-14(6-3-12)22-18(24)8-9-21/h2-7,10H,8,11H2,1H3,(H,22,24). The van der Waals surface area contributed by atoms with Gasteiger partial charge in [0.2, 0.25) is 5.91 Å². The van der Waals surface area contributed by atoms with E-state index in [4.69, 9.17) is 26.3 Å². The van der Waals surface area contributed by atoms with Crippen LogP contribution >= 0.6 is 11.6 Å². The highest BCUT2D eigenvalue weighted by atomic mass is 35.5. The number of esters is 1. The lowest BCUT2D eigenvalue weighted by Gasteiger charge is -2.07. The Labute approximate surface area is 160 Å². The van der Waals surface area contributed by atoms with Crippen molar-refractivity contribution in [3.63, 3.8) is 0 Å². The average Bonchev–Trinajstić information content (AvgIpc) is 2.66. The zero-order chi connectivity index (χ0) is 19.8. The van der Waals surface area contributed by atoms with E-state index < -0.39 is 24.3 Å². The Balaban J connectivity index is 1.93. The molecule has 0 saturated heterocycles. The van der Waals surface area contributed by atoms with Gasteiger partial charge in [0.1, 0.15) is 12.2 Å². The molecule has 0 aliphatic heterocycles. The molecule has 0 spiro atoms. The maximum atomic E-state index is 12.1. The predicted octanol–water partition coefficient (Wildman–Crippen LogP) is 3.24. The van der Waals surface area contributed by atoms with E-state index in [1.807, 2.05) is 0 Å². The minimum absolute atomic E-state index is 0.217. The zero-order valence-corrected chi connectivity index (χ0v) is 15.1. The van der Waals surface area contributed by atoms with Gasteiger partial charge in [-0.25, -0.2) is 4.79 Å². The summed E-state index contributed by atoms with van der Waals surface area (Å²) in [6.45, 7) is -0.442. The third-order valence-electron chi connectivity index (χ3n) is 3.45. The molecule has 2 aromatic rings. The van der Waals surface area contributed by atoms with Crippen LogP contribution in [-0.4, -0.2) is 31.4 Å². The number of benzene rings is 2. The van der Waals surface area contributed by atoms with Gasteiger partial charge in [0.15, 0.2) is 12.4 Å². The molecular weight excluding hydrogens is 372 g/mol. The number of ketones is 1. The summed E-state index contributed by atoms with van der Waals surface area (Å²) < 4.78 is 10.0. The number of nitrogens with zero attached hydrogens (tertiary/aromatic N) is 1. The Kier molecular flexibility index (Phi) is 6.92. The minimum atomic E-state index is -0.683. The van der Waals surface area contributed by atoms with Crippen molar-refractivity contribution in [1.82, 2.24) is 0 Å². The monoisotopic (exact) mass is 386 g/mol. The fourth-order valence-electron chi connectivity index (χ4n) is 2.10. The number of hydrogen-bond donors (Lipinski definition) is 1. The minimum Gasteiger partial charge on any atom is -0.495 e. The van der Waals surface area contributed by atoms with Crippen LogP contribution in [0, 0.1) is 11.3 Å². The van der Waals surface area contributed by atoms with Crippen molar-refractivity contribution in [2.45, 2.75) is 6.42 Å². The van der Waals surface area contributed by atoms with E-state index in [-0.39, 0.29) is 17.0 Å². The Bertz CT molecular complexity index is 903. The molecule has 2 aromatic carbocycles. The number of methoxy groups -OCH3 is 1. The van der Waals surface area contributed by atoms with E-state index >= 15 is 0 Å². The van der Waals surface area contributed by atoms with Crippen LogP contribution in [-0.2, 0) is 9.53 Å². The Hall–Kier alpha value is -3.37. The Morgan fingerprint density at radius 1 is 1.11 bits per heavy atom. The number of carbonyl (C=O) groups is 3. The molecule has 0 atom stereocenters. The second-order valence-corrected chi connectivity index (χ2v) is 5.72. The van der Waals surface area contributed by atoms with Crippen molar-refractivity contribution in [3.05, 3.63) is 58.6 Å². The molecule has 0 unspecified atom stereocenters. The number of nitrogens with one attached hydrogen (secondary N) is 1. The SMILES string of the molecule is COc1ccc(C(=O)COC(=O)c2ccc(NC(=O)CC#N)cc2)cc1Cl. The van der Waals surface area contributed by atoms with Crippen molar-refractivity contribution in [2.24, 2.45) is 0 Å². The number of halogens is 1. The van der Waals surface area contributed by atoms with Crippen LogP contribution in [0.3, 0.4) is 0 Å². The van der Waals surface area contributed by atoms with Crippen LogP contribution in [0.25, 0.3) is 0 Å². The number of amides is 1. The summed E-state index contributed by atoms with van der Waals surface area (Å²) in [5, 5.41) is 11.2. The number of nitriles is 1. The molecule has 7 nitrogen and oxygen atoms in total. The van der Waals surface area contributed by atoms with Gasteiger partial charge in [-0.2, -0.15) is 5.26 Å². The first-order valence-corrected chi connectivity index (χ1v) is 8.13. The Morgan fingerprint density at radius 2 is 1.78 bits per heavy atom. The van der Waals surface area contributed by atoms with E-state index in [0.717, 1.165) is 0 Å². The predicted molar refractivity (Wildman–Crippen MR) is 97.9 cm³/mol. The smallest absolute Gasteiger partial charge is 0.338 e. The molecule has 0 aliphatic rings. The summed E-state index contributed by atoms with van der Waals surface area (Å²) in [6.07, 6.45) is -0.263. The van der Waals surface area contributed by atoms with Gasteiger partial charge >= 0.3 is 5.97 Å². The fraction of sp³-hybridized carbons (Fsp3) is 0.158. The van der Waals surface area contributed by atoms with Crippen LogP contribution < -0.4 is 10.1 Å². The molecule has 138 valence electrons. The van der Waals surface area contributed by atoms with Gasteiger partial charge in [-0.1, -0.05) is 11.6 Å². The molecule has 0 radical (unpaired) electrons. The van der Waals surface area contributed by atoms with E-state index in [9.17, 15) is 14.4 Å².